The van der Waals surface area contributed by atoms with Crippen LogP contribution in [0.1, 0.15) is 23.9 Å². The Morgan fingerprint density at radius 3 is 2.57 bits per heavy atom. The minimum Gasteiger partial charge on any atom is -0.368 e. The molecule has 3 amide bonds. The van der Waals surface area contributed by atoms with Gasteiger partial charge in [0, 0.05) is 36.7 Å². The Hall–Kier alpha value is -2.61. The number of anilines is 2. The zero-order valence-corrected chi connectivity index (χ0v) is 16.8. The average Bonchev–Trinajstić information content (AvgIpc) is 3.30. The Kier molecular flexibility index (Phi) is 5.47. The highest BCUT2D eigenvalue weighted by molar-refractivity contribution is 7.15. The van der Waals surface area contributed by atoms with Crippen molar-refractivity contribution in [1.29, 1.82) is 0 Å². The summed E-state index contributed by atoms with van der Waals surface area (Å²) >= 11 is 1.54. The number of nitrogens with zero attached hydrogens (tertiary/aromatic N) is 3. The SMILES string of the molecule is C[C@H](NC(=O)N1CCN(c2ccccc2)CC1)C(=O)Nc1nc2c(s1)CCC2. The Labute approximate surface area is 168 Å². The van der Waals surface area contributed by atoms with Gasteiger partial charge in [-0.05, 0) is 38.3 Å². The van der Waals surface area contributed by atoms with Crippen LogP contribution in [0.5, 0.6) is 0 Å². The molecule has 8 heteroatoms. The third-order valence-corrected chi connectivity index (χ3v) is 6.32. The van der Waals surface area contributed by atoms with Crippen LogP contribution >= 0.6 is 11.3 Å². The third-order valence-electron chi connectivity index (χ3n) is 5.25. The number of aromatic nitrogens is 1. The van der Waals surface area contributed by atoms with Crippen LogP contribution in [0.15, 0.2) is 30.3 Å². The van der Waals surface area contributed by atoms with Crippen LogP contribution in [0.4, 0.5) is 15.6 Å². The number of rotatable bonds is 4. The van der Waals surface area contributed by atoms with Crippen molar-refractivity contribution in [2.75, 3.05) is 36.4 Å². The molecule has 1 aromatic heterocycles. The molecule has 1 aliphatic carbocycles. The summed E-state index contributed by atoms with van der Waals surface area (Å²) in [4.78, 5) is 34.7. The predicted octanol–water partition coefficient (Wildman–Crippen LogP) is 2.49. The van der Waals surface area contributed by atoms with Gasteiger partial charge in [0.15, 0.2) is 5.13 Å². The van der Waals surface area contributed by atoms with Crippen molar-refractivity contribution in [2.24, 2.45) is 0 Å². The van der Waals surface area contributed by atoms with Gasteiger partial charge in [0.2, 0.25) is 5.91 Å². The number of piperazine rings is 1. The van der Waals surface area contributed by atoms with Crippen LogP contribution < -0.4 is 15.5 Å². The molecule has 1 fully saturated rings. The lowest BCUT2D eigenvalue weighted by Gasteiger charge is -2.36. The topological polar surface area (TPSA) is 77.6 Å². The van der Waals surface area contributed by atoms with E-state index in [1.165, 1.54) is 10.6 Å². The van der Waals surface area contributed by atoms with E-state index in [0.29, 0.717) is 18.2 Å². The van der Waals surface area contributed by atoms with Gasteiger partial charge >= 0.3 is 6.03 Å². The molecule has 1 aromatic carbocycles. The first-order chi connectivity index (χ1) is 13.6. The number of para-hydroxylation sites is 1. The average molecular weight is 400 g/mol. The normalized spacial score (nSPS) is 17.2. The van der Waals surface area contributed by atoms with Gasteiger partial charge in [0.25, 0.3) is 0 Å². The number of carbonyl (C=O) groups excluding carboxylic acids is 2. The van der Waals surface area contributed by atoms with Crippen molar-refractivity contribution >= 4 is 34.1 Å². The highest BCUT2D eigenvalue weighted by atomic mass is 32.1. The van der Waals surface area contributed by atoms with Gasteiger partial charge in [-0.2, -0.15) is 0 Å². The van der Waals surface area contributed by atoms with Crippen LogP contribution in [-0.2, 0) is 17.6 Å². The summed E-state index contributed by atoms with van der Waals surface area (Å²) in [6.45, 7) is 4.53. The molecule has 0 unspecified atom stereocenters. The molecule has 28 heavy (non-hydrogen) atoms. The minimum absolute atomic E-state index is 0.197. The van der Waals surface area contributed by atoms with Gasteiger partial charge in [-0.25, -0.2) is 9.78 Å². The smallest absolute Gasteiger partial charge is 0.318 e. The van der Waals surface area contributed by atoms with Gasteiger partial charge in [0.1, 0.15) is 6.04 Å². The van der Waals surface area contributed by atoms with Crippen molar-refractivity contribution in [2.45, 2.75) is 32.2 Å². The van der Waals surface area contributed by atoms with Crippen molar-refractivity contribution < 1.29 is 9.59 Å². The molecule has 2 aromatic rings. The first-order valence-electron chi connectivity index (χ1n) is 9.75. The lowest BCUT2D eigenvalue weighted by Crippen LogP contribution is -2.54. The zero-order chi connectivity index (χ0) is 19.5. The Bertz CT molecular complexity index is 824. The molecule has 1 atom stereocenters. The van der Waals surface area contributed by atoms with Crippen LogP contribution in [0.3, 0.4) is 0 Å². The van der Waals surface area contributed by atoms with Gasteiger partial charge in [-0.15, -0.1) is 11.3 Å². The number of amides is 3. The lowest BCUT2D eigenvalue weighted by atomic mass is 10.2. The molecule has 0 radical (unpaired) electrons. The standard InChI is InChI=1S/C20H25N5O2S/c1-14(18(26)23-19-22-16-8-5-9-17(16)28-19)21-20(27)25-12-10-24(11-13-25)15-6-3-2-4-7-15/h2-4,6-7,14H,5,8-13H2,1H3,(H,21,27)(H,22,23,26)/t14-/m0/s1. The fourth-order valence-corrected chi connectivity index (χ4v) is 4.66. The monoisotopic (exact) mass is 399 g/mol. The third kappa shape index (κ3) is 4.11. The number of hydrogen-bond donors (Lipinski definition) is 2. The summed E-state index contributed by atoms with van der Waals surface area (Å²) in [6.07, 6.45) is 3.18. The zero-order valence-electron chi connectivity index (χ0n) is 16.0. The lowest BCUT2D eigenvalue weighted by molar-refractivity contribution is -0.117. The predicted molar refractivity (Wildman–Crippen MR) is 111 cm³/mol. The number of urea groups is 1. The maximum absolute atomic E-state index is 12.5. The Morgan fingerprint density at radius 1 is 1.11 bits per heavy atom. The van der Waals surface area contributed by atoms with Gasteiger partial charge in [-0.3, -0.25) is 4.79 Å². The van der Waals surface area contributed by atoms with Crippen LogP contribution in [0.25, 0.3) is 0 Å². The first kappa shape index (κ1) is 18.7. The van der Waals surface area contributed by atoms with Gasteiger partial charge in [0.05, 0.1) is 5.69 Å². The molecule has 148 valence electrons. The van der Waals surface area contributed by atoms with Crippen LogP contribution in [0.2, 0.25) is 0 Å². The van der Waals surface area contributed by atoms with E-state index in [9.17, 15) is 9.59 Å². The molecule has 4 rings (SSSR count). The van der Waals surface area contributed by atoms with E-state index in [1.54, 1.807) is 23.2 Å². The molecule has 1 saturated heterocycles. The van der Waals surface area contributed by atoms with Gasteiger partial charge in [-0.1, -0.05) is 18.2 Å². The van der Waals surface area contributed by atoms with E-state index in [4.69, 9.17) is 0 Å². The number of hydrogen-bond acceptors (Lipinski definition) is 5. The van der Waals surface area contributed by atoms with Crippen molar-refractivity contribution in [3.63, 3.8) is 0 Å². The Morgan fingerprint density at radius 2 is 1.86 bits per heavy atom. The molecular weight excluding hydrogens is 374 g/mol. The largest absolute Gasteiger partial charge is 0.368 e. The summed E-state index contributed by atoms with van der Waals surface area (Å²) < 4.78 is 0. The second-order valence-electron chi connectivity index (χ2n) is 7.21. The number of aryl methyl sites for hydroxylation is 2. The molecule has 0 bridgehead atoms. The van der Waals surface area contributed by atoms with E-state index in [0.717, 1.165) is 38.0 Å². The highest BCUT2D eigenvalue weighted by Gasteiger charge is 2.25. The van der Waals surface area contributed by atoms with Crippen LogP contribution in [0, 0.1) is 0 Å². The number of carbonyl (C=O) groups is 2. The summed E-state index contributed by atoms with van der Waals surface area (Å²) in [5.74, 6) is -0.233. The van der Waals surface area contributed by atoms with Crippen LogP contribution in [-0.4, -0.2) is 54.0 Å². The number of benzene rings is 1. The van der Waals surface area contributed by atoms with E-state index in [1.807, 2.05) is 18.2 Å². The molecule has 0 saturated carbocycles. The fourth-order valence-electron chi connectivity index (χ4n) is 3.61. The molecule has 2 aliphatic rings. The van der Waals surface area contributed by atoms with Crippen molar-refractivity contribution in [3.8, 4) is 0 Å². The summed E-state index contributed by atoms with van der Waals surface area (Å²) in [5, 5.41) is 6.27. The number of thiazole rings is 1. The fraction of sp³-hybridized carbons (Fsp3) is 0.450. The molecule has 7 nitrogen and oxygen atoms in total. The maximum atomic E-state index is 12.5. The van der Waals surface area contributed by atoms with E-state index in [-0.39, 0.29) is 11.9 Å². The van der Waals surface area contributed by atoms with E-state index >= 15 is 0 Å². The number of fused-ring (bicyclic) bond motifs is 1. The van der Waals surface area contributed by atoms with E-state index in [2.05, 4.69) is 32.7 Å². The maximum Gasteiger partial charge on any atom is 0.318 e. The summed E-state index contributed by atoms with van der Waals surface area (Å²) in [7, 11) is 0. The van der Waals surface area contributed by atoms with Crippen molar-refractivity contribution in [1.82, 2.24) is 15.2 Å². The molecule has 2 heterocycles. The minimum atomic E-state index is -0.613. The molecule has 2 N–H and O–H groups in total. The second-order valence-corrected chi connectivity index (χ2v) is 8.30. The molecular formula is C20H25N5O2S. The first-order valence-corrected chi connectivity index (χ1v) is 10.6. The quantitative estimate of drug-likeness (QED) is 0.828. The summed E-state index contributed by atoms with van der Waals surface area (Å²) in [6, 6.07) is 9.39. The molecule has 0 spiro atoms. The van der Waals surface area contributed by atoms with E-state index < -0.39 is 6.04 Å². The Balaban J connectivity index is 1.25. The van der Waals surface area contributed by atoms with Gasteiger partial charge < -0.3 is 20.4 Å². The van der Waals surface area contributed by atoms with Crippen molar-refractivity contribution in [3.05, 3.63) is 40.9 Å². The number of nitrogens with one attached hydrogen (secondary N) is 2. The highest BCUT2D eigenvalue weighted by Crippen LogP contribution is 2.30. The second kappa shape index (κ2) is 8.18. The summed E-state index contributed by atoms with van der Waals surface area (Å²) in [5.41, 5.74) is 2.28. The molecule has 1 aliphatic heterocycles.